The van der Waals surface area contributed by atoms with Crippen LogP contribution in [0.4, 0.5) is 0 Å². The summed E-state index contributed by atoms with van der Waals surface area (Å²) in [5.74, 6) is 1.61. The number of ether oxygens (including phenoxy) is 1. The van der Waals surface area contributed by atoms with Crippen molar-refractivity contribution in [2.75, 3.05) is 7.11 Å². The summed E-state index contributed by atoms with van der Waals surface area (Å²) >= 11 is 3.35. The predicted molar refractivity (Wildman–Crippen MR) is 110 cm³/mol. The van der Waals surface area contributed by atoms with E-state index in [1.807, 2.05) is 41.9 Å². The van der Waals surface area contributed by atoms with Gasteiger partial charge in [0.15, 0.2) is 10.1 Å². The molecule has 0 fully saturated rings. The first-order chi connectivity index (χ1) is 13.3. The molecule has 0 radical (unpaired) electrons. The van der Waals surface area contributed by atoms with Gasteiger partial charge in [-0.25, -0.2) is 9.97 Å². The van der Waals surface area contributed by atoms with Crippen molar-refractivity contribution < 1.29 is 4.74 Å². The molecule has 0 aliphatic rings. The highest BCUT2D eigenvalue weighted by Gasteiger charge is 2.14. The molecule has 0 aliphatic heterocycles. The SMILES string of the molecule is COc1ccc(-n2c(SCc3cn4ccsc4n3)nc3ccccc32)cc1. The number of thioether (sulfide) groups is 1. The first-order valence-corrected chi connectivity index (χ1v) is 10.3. The van der Waals surface area contributed by atoms with Crippen molar-refractivity contribution in [2.24, 2.45) is 0 Å². The topological polar surface area (TPSA) is 44.4 Å². The average Bonchev–Trinajstić information content (AvgIpc) is 3.39. The van der Waals surface area contributed by atoms with E-state index in [1.165, 1.54) is 0 Å². The summed E-state index contributed by atoms with van der Waals surface area (Å²) in [6.07, 6.45) is 4.12. The first-order valence-electron chi connectivity index (χ1n) is 8.47. The van der Waals surface area contributed by atoms with Crippen molar-refractivity contribution in [2.45, 2.75) is 10.9 Å². The van der Waals surface area contributed by atoms with Gasteiger partial charge in [0.25, 0.3) is 0 Å². The Morgan fingerprint density at radius 3 is 2.74 bits per heavy atom. The molecule has 0 spiro atoms. The second kappa shape index (κ2) is 6.75. The molecule has 0 N–H and O–H groups in total. The number of methoxy groups -OCH3 is 1. The van der Waals surface area contributed by atoms with Gasteiger partial charge in [-0.1, -0.05) is 23.9 Å². The van der Waals surface area contributed by atoms with Gasteiger partial charge in [0.05, 0.1) is 23.8 Å². The molecule has 0 amide bonds. The van der Waals surface area contributed by atoms with Crippen LogP contribution in [0.3, 0.4) is 0 Å². The normalized spacial score (nSPS) is 11.4. The van der Waals surface area contributed by atoms with E-state index in [0.29, 0.717) is 0 Å². The molecule has 0 aliphatic carbocycles. The van der Waals surface area contributed by atoms with Crippen molar-refractivity contribution in [3.05, 3.63) is 72.0 Å². The number of thiazole rings is 1. The lowest BCUT2D eigenvalue weighted by molar-refractivity contribution is 0.414. The van der Waals surface area contributed by atoms with E-state index in [-0.39, 0.29) is 0 Å². The van der Waals surface area contributed by atoms with Gasteiger partial charge in [-0.2, -0.15) is 0 Å². The zero-order chi connectivity index (χ0) is 18.2. The second-order valence-corrected chi connectivity index (χ2v) is 7.85. The third kappa shape index (κ3) is 2.98. The Balaban J connectivity index is 1.53. The molecule has 0 saturated heterocycles. The lowest BCUT2D eigenvalue weighted by atomic mass is 10.2. The third-order valence-electron chi connectivity index (χ3n) is 4.35. The smallest absolute Gasteiger partial charge is 0.193 e. The van der Waals surface area contributed by atoms with Crippen LogP contribution in [-0.2, 0) is 5.75 Å². The second-order valence-electron chi connectivity index (χ2n) is 6.03. The van der Waals surface area contributed by atoms with Gasteiger partial charge < -0.3 is 4.74 Å². The molecule has 3 aromatic heterocycles. The van der Waals surface area contributed by atoms with Gasteiger partial charge in [-0.3, -0.25) is 8.97 Å². The number of hydrogen-bond donors (Lipinski definition) is 0. The van der Waals surface area contributed by atoms with Crippen molar-refractivity contribution in [1.29, 1.82) is 0 Å². The molecule has 5 nitrogen and oxygen atoms in total. The van der Waals surface area contributed by atoms with Crippen molar-refractivity contribution in [3.63, 3.8) is 0 Å². The van der Waals surface area contributed by atoms with E-state index in [4.69, 9.17) is 9.72 Å². The van der Waals surface area contributed by atoms with Crippen LogP contribution in [0.15, 0.2) is 71.5 Å². The Morgan fingerprint density at radius 1 is 1.07 bits per heavy atom. The van der Waals surface area contributed by atoms with E-state index < -0.39 is 0 Å². The molecule has 134 valence electrons. The van der Waals surface area contributed by atoms with Gasteiger partial charge in [0.1, 0.15) is 5.75 Å². The van der Waals surface area contributed by atoms with Gasteiger partial charge in [0.2, 0.25) is 0 Å². The average molecular weight is 393 g/mol. The van der Waals surface area contributed by atoms with Crippen LogP contribution in [-0.4, -0.2) is 26.0 Å². The molecule has 0 saturated carbocycles. The number of fused-ring (bicyclic) bond motifs is 2. The summed E-state index contributed by atoms with van der Waals surface area (Å²) < 4.78 is 9.55. The standard InChI is InChI=1S/C20H16N4OS2/c1-25-16-8-6-15(7-9-16)24-18-5-3-2-4-17(18)22-20(24)27-13-14-12-23-10-11-26-19(23)21-14/h2-12H,13H2,1H3. The number of hydrogen-bond acceptors (Lipinski definition) is 5. The Hall–Kier alpha value is -2.77. The Morgan fingerprint density at radius 2 is 1.93 bits per heavy atom. The van der Waals surface area contributed by atoms with E-state index in [2.05, 4.69) is 38.3 Å². The van der Waals surface area contributed by atoms with Crippen LogP contribution in [0.2, 0.25) is 0 Å². The minimum atomic E-state index is 0.772. The van der Waals surface area contributed by atoms with Crippen molar-refractivity contribution >= 4 is 39.1 Å². The van der Waals surface area contributed by atoms with E-state index in [0.717, 1.165) is 44.0 Å². The fourth-order valence-electron chi connectivity index (χ4n) is 3.07. The maximum absolute atomic E-state index is 5.29. The van der Waals surface area contributed by atoms with Crippen LogP contribution in [0.5, 0.6) is 5.75 Å². The van der Waals surface area contributed by atoms with E-state index in [1.54, 1.807) is 30.2 Å². The molecule has 0 unspecified atom stereocenters. The summed E-state index contributed by atoms with van der Waals surface area (Å²) in [4.78, 5) is 10.5. The van der Waals surface area contributed by atoms with Gasteiger partial charge in [-0.05, 0) is 36.4 Å². The van der Waals surface area contributed by atoms with Gasteiger partial charge in [0, 0.05) is 29.2 Å². The minimum Gasteiger partial charge on any atom is -0.497 e. The summed E-state index contributed by atoms with van der Waals surface area (Å²) in [7, 11) is 1.68. The molecule has 3 heterocycles. The highest BCUT2D eigenvalue weighted by Crippen LogP contribution is 2.30. The monoisotopic (exact) mass is 392 g/mol. The summed E-state index contributed by atoms with van der Waals surface area (Å²) in [6.45, 7) is 0. The molecule has 0 atom stereocenters. The van der Waals surface area contributed by atoms with Crippen LogP contribution >= 0.6 is 23.1 Å². The molecule has 7 heteroatoms. The van der Waals surface area contributed by atoms with Crippen LogP contribution in [0, 0.1) is 0 Å². The molecule has 2 aromatic carbocycles. The number of aromatic nitrogens is 4. The zero-order valence-corrected chi connectivity index (χ0v) is 16.2. The Bertz CT molecular complexity index is 1190. The fourth-order valence-corrected chi connectivity index (χ4v) is 4.70. The van der Waals surface area contributed by atoms with E-state index in [9.17, 15) is 0 Å². The van der Waals surface area contributed by atoms with E-state index >= 15 is 0 Å². The maximum Gasteiger partial charge on any atom is 0.193 e. The predicted octanol–water partition coefficient (Wildman–Crippen LogP) is 5.04. The minimum absolute atomic E-state index is 0.772. The molecular formula is C20H16N4OS2. The number of benzene rings is 2. The van der Waals surface area contributed by atoms with Crippen LogP contribution < -0.4 is 4.74 Å². The Kier molecular flexibility index (Phi) is 4.10. The zero-order valence-electron chi connectivity index (χ0n) is 14.6. The lowest BCUT2D eigenvalue weighted by Gasteiger charge is -2.09. The van der Waals surface area contributed by atoms with Crippen LogP contribution in [0.25, 0.3) is 21.7 Å². The van der Waals surface area contributed by atoms with Gasteiger partial charge >= 0.3 is 0 Å². The number of rotatable bonds is 5. The number of imidazole rings is 2. The fraction of sp³-hybridized carbons (Fsp3) is 0.100. The number of para-hydroxylation sites is 2. The summed E-state index contributed by atoms with van der Waals surface area (Å²) in [5.41, 5.74) is 4.20. The first kappa shape index (κ1) is 16.4. The molecule has 0 bridgehead atoms. The largest absolute Gasteiger partial charge is 0.497 e. The highest BCUT2D eigenvalue weighted by atomic mass is 32.2. The van der Waals surface area contributed by atoms with Gasteiger partial charge in [-0.15, -0.1) is 11.3 Å². The quantitative estimate of drug-likeness (QED) is 0.393. The Labute approximate surface area is 164 Å². The summed E-state index contributed by atoms with van der Waals surface area (Å²) in [5, 5.41) is 3.00. The maximum atomic E-state index is 5.29. The lowest BCUT2D eigenvalue weighted by Crippen LogP contribution is -1.97. The highest BCUT2D eigenvalue weighted by molar-refractivity contribution is 7.98. The molecular weight excluding hydrogens is 376 g/mol. The molecule has 27 heavy (non-hydrogen) atoms. The summed E-state index contributed by atoms with van der Waals surface area (Å²) in [6, 6.07) is 16.3. The molecule has 5 rings (SSSR count). The number of nitrogens with zero attached hydrogens (tertiary/aromatic N) is 4. The van der Waals surface area contributed by atoms with Crippen LogP contribution in [0.1, 0.15) is 5.69 Å². The van der Waals surface area contributed by atoms with Crippen molar-refractivity contribution in [3.8, 4) is 11.4 Å². The molecule has 5 aromatic rings. The third-order valence-corrected chi connectivity index (χ3v) is 6.10. The van der Waals surface area contributed by atoms with Crippen molar-refractivity contribution in [1.82, 2.24) is 18.9 Å².